The number of carbonyl (C=O) groups is 2. The average molecular weight is 294 g/mol. The zero-order valence-corrected chi connectivity index (χ0v) is 12.8. The predicted molar refractivity (Wildman–Crippen MR) is 78.4 cm³/mol. The fourth-order valence-corrected chi connectivity index (χ4v) is 2.12. The number of aliphatic carboxylic acids is 1. The van der Waals surface area contributed by atoms with Crippen molar-refractivity contribution in [2.75, 3.05) is 7.11 Å². The molecule has 0 radical (unpaired) electrons. The van der Waals surface area contributed by atoms with Crippen molar-refractivity contribution in [3.8, 4) is 5.75 Å². The summed E-state index contributed by atoms with van der Waals surface area (Å²) in [6.45, 7) is 6.00. The summed E-state index contributed by atoms with van der Waals surface area (Å²) in [7, 11) is 1.46. The molecule has 0 fully saturated rings. The molecule has 1 unspecified atom stereocenters. The van der Waals surface area contributed by atoms with E-state index >= 15 is 0 Å². The maximum atomic E-state index is 12.3. The highest BCUT2D eigenvalue weighted by atomic mass is 16.5. The fourth-order valence-electron chi connectivity index (χ4n) is 2.12. The lowest BCUT2D eigenvalue weighted by molar-refractivity contribution is -0.137. The molecule has 1 amide bonds. The number of nitrogens with zero attached hydrogens (tertiary/aromatic N) is 1. The molecule has 0 aliphatic rings. The van der Waals surface area contributed by atoms with E-state index in [-0.39, 0.29) is 17.7 Å². The molecule has 21 heavy (non-hydrogen) atoms. The summed E-state index contributed by atoms with van der Waals surface area (Å²) in [5.74, 6) is -0.934. The lowest BCUT2D eigenvalue weighted by Crippen LogP contribution is -2.39. The minimum Gasteiger partial charge on any atom is -0.494 e. The molecule has 0 aliphatic heterocycles. The first-order valence-corrected chi connectivity index (χ1v) is 6.73. The van der Waals surface area contributed by atoms with Gasteiger partial charge in [0.1, 0.15) is 5.75 Å². The molecule has 6 nitrogen and oxygen atoms in total. The summed E-state index contributed by atoms with van der Waals surface area (Å²) >= 11 is 0. The van der Waals surface area contributed by atoms with E-state index in [9.17, 15) is 9.59 Å². The highest BCUT2D eigenvalue weighted by molar-refractivity contribution is 5.97. The van der Waals surface area contributed by atoms with Gasteiger partial charge in [-0.3, -0.25) is 14.6 Å². The summed E-state index contributed by atoms with van der Waals surface area (Å²) in [4.78, 5) is 27.1. The minimum atomic E-state index is -0.939. The van der Waals surface area contributed by atoms with Gasteiger partial charge < -0.3 is 15.2 Å². The van der Waals surface area contributed by atoms with Crippen LogP contribution in [-0.2, 0) is 4.79 Å². The number of pyridine rings is 1. The molecule has 1 aromatic heterocycles. The number of hydrogen-bond acceptors (Lipinski definition) is 4. The molecule has 0 saturated carbocycles. The van der Waals surface area contributed by atoms with Crippen LogP contribution in [-0.4, -0.2) is 35.1 Å². The monoisotopic (exact) mass is 294 g/mol. The van der Waals surface area contributed by atoms with Gasteiger partial charge in [-0.2, -0.15) is 0 Å². The Balaban J connectivity index is 2.86. The number of carboxylic acid groups (broad SMARTS) is 1. The van der Waals surface area contributed by atoms with Crippen molar-refractivity contribution < 1.29 is 19.4 Å². The van der Waals surface area contributed by atoms with Crippen LogP contribution in [0.4, 0.5) is 0 Å². The maximum Gasteiger partial charge on any atom is 0.305 e. The van der Waals surface area contributed by atoms with Gasteiger partial charge >= 0.3 is 5.97 Å². The summed E-state index contributed by atoms with van der Waals surface area (Å²) in [6, 6.07) is 1.11. The van der Waals surface area contributed by atoms with Gasteiger partial charge in [-0.1, -0.05) is 20.8 Å². The van der Waals surface area contributed by atoms with Crippen LogP contribution in [0.3, 0.4) is 0 Å². The molecule has 0 bridgehead atoms. The Morgan fingerprint density at radius 3 is 2.62 bits per heavy atom. The van der Waals surface area contributed by atoms with Crippen molar-refractivity contribution in [2.24, 2.45) is 5.41 Å². The van der Waals surface area contributed by atoms with Crippen LogP contribution in [0.5, 0.6) is 5.75 Å². The molecule has 1 heterocycles. The number of methoxy groups -OCH3 is 1. The predicted octanol–water partition coefficient (Wildman–Crippen LogP) is 2.10. The van der Waals surface area contributed by atoms with Crippen LogP contribution in [0.15, 0.2) is 18.5 Å². The molecule has 0 saturated heterocycles. The van der Waals surface area contributed by atoms with Crippen LogP contribution >= 0.6 is 0 Å². The highest BCUT2D eigenvalue weighted by Gasteiger charge is 2.24. The van der Waals surface area contributed by atoms with Crippen molar-refractivity contribution in [1.29, 1.82) is 0 Å². The van der Waals surface area contributed by atoms with E-state index in [0.29, 0.717) is 17.7 Å². The van der Waals surface area contributed by atoms with Crippen LogP contribution in [0.1, 0.15) is 44.0 Å². The molecule has 6 heteroatoms. The number of carbonyl (C=O) groups excluding carboxylic acids is 1. The minimum absolute atomic E-state index is 0.0876. The molecular weight excluding hydrogens is 272 g/mol. The highest BCUT2D eigenvalue weighted by Crippen LogP contribution is 2.23. The summed E-state index contributed by atoms with van der Waals surface area (Å²) in [5.41, 5.74) is 0.257. The summed E-state index contributed by atoms with van der Waals surface area (Å²) in [5, 5.41) is 11.7. The van der Waals surface area contributed by atoms with Gasteiger partial charge in [-0.05, 0) is 17.9 Å². The number of nitrogens with one attached hydrogen (secondary N) is 1. The molecular formula is C15H22N2O4. The Labute approximate surface area is 124 Å². The van der Waals surface area contributed by atoms with Crippen molar-refractivity contribution in [2.45, 2.75) is 39.7 Å². The first-order valence-electron chi connectivity index (χ1n) is 6.73. The van der Waals surface area contributed by atoms with E-state index in [1.165, 1.54) is 19.5 Å². The first kappa shape index (κ1) is 16.9. The van der Waals surface area contributed by atoms with Crippen molar-refractivity contribution in [3.05, 3.63) is 24.0 Å². The molecule has 0 spiro atoms. The average Bonchev–Trinajstić information content (AvgIpc) is 2.35. The van der Waals surface area contributed by atoms with Crippen molar-refractivity contribution in [1.82, 2.24) is 10.3 Å². The topological polar surface area (TPSA) is 88.5 Å². The normalized spacial score (nSPS) is 12.6. The number of ether oxygens (including phenoxy) is 1. The van der Waals surface area contributed by atoms with Crippen molar-refractivity contribution in [3.63, 3.8) is 0 Å². The third kappa shape index (κ3) is 5.81. The number of hydrogen-bond donors (Lipinski definition) is 2. The Kier molecular flexibility index (Phi) is 5.69. The molecule has 1 aromatic rings. The Morgan fingerprint density at radius 2 is 2.10 bits per heavy atom. The van der Waals surface area contributed by atoms with Gasteiger partial charge in [0.05, 0.1) is 25.3 Å². The molecule has 116 valence electrons. The third-order valence-corrected chi connectivity index (χ3v) is 2.86. The second-order valence-corrected chi connectivity index (χ2v) is 6.11. The zero-order valence-electron chi connectivity index (χ0n) is 12.8. The fraction of sp³-hybridized carbons (Fsp3) is 0.533. The number of carboxylic acids is 1. The SMILES string of the molecule is COc1cnccc1C(=O)NC(CC(=O)O)CC(C)(C)C. The number of aromatic nitrogens is 1. The zero-order chi connectivity index (χ0) is 16.0. The second kappa shape index (κ2) is 7.06. The van der Waals surface area contributed by atoms with E-state index in [2.05, 4.69) is 10.3 Å². The summed E-state index contributed by atoms with van der Waals surface area (Å²) in [6.07, 6.45) is 3.40. The molecule has 1 atom stereocenters. The van der Waals surface area contributed by atoms with Gasteiger partial charge in [0.25, 0.3) is 5.91 Å². The van der Waals surface area contributed by atoms with E-state index in [1.54, 1.807) is 6.07 Å². The number of amides is 1. The Bertz CT molecular complexity index is 509. The van der Waals surface area contributed by atoms with Gasteiger partial charge in [-0.15, -0.1) is 0 Å². The van der Waals surface area contributed by atoms with E-state index in [4.69, 9.17) is 9.84 Å². The molecule has 2 N–H and O–H groups in total. The smallest absolute Gasteiger partial charge is 0.305 e. The third-order valence-electron chi connectivity index (χ3n) is 2.86. The van der Waals surface area contributed by atoms with E-state index < -0.39 is 12.0 Å². The van der Waals surface area contributed by atoms with Crippen LogP contribution < -0.4 is 10.1 Å². The first-order chi connectivity index (χ1) is 9.73. The van der Waals surface area contributed by atoms with Gasteiger partial charge in [-0.25, -0.2) is 0 Å². The van der Waals surface area contributed by atoms with Gasteiger partial charge in [0, 0.05) is 12.2 Å². The molecule has 0 aromatic carbocycles. The molecule has 0 aliphatic carbocycles. The van der Waals surface area contributed by atoms with Crippen LogP contribution in [0.25, 0.3) is 0 Å². The quantitative estimate of drug-likeness (QED) is 0.838. The van der Waals surface area contributed by atoms with Gasteiger partial charge in [0.2, 0.25) is 0 Å². The lowest BCUT2D eigenvalue weighted by atomic mass is 9.87. The van der Waals surface area contributed by atoms with Gasteiger partial charge in [0.15, 0.2) is 0 Å². The largest absolute Gasteiger partial charge is 0.494 e. The standard InChI is InChI=1S/C15H22N2O4/c1-15(2,3)8-10(7-13(18)19)17-14(20)11-5-6-16-9-12(11)21-4/h5-6,9-10H,7-8H2,1-4H3,(H,17,20)(H,18,19). The van der Waals surface area contributed by atoms with Crippen molar-refractivity contribution >= 4 is 11.9 Å². The van der Waals surface area contributed by atoms with E-state index in [1.807, 2.05) is 20.8 Å². The lowest BCUT2D eigenvalue weighted by Gasteiger charge is -2.26. The molecule has 1 rings (SSSR count). The van der Waals surface area contributed by atoms with Crippen LogP contribution in [0.2, 0.25) is 0 Å². The van der Waals surface area contributed by atoms with Crippen LogP contribution in [0, 0.1) is 5.41 Å². The maximum absolute atomic E-state index is 12.3. The second-order valence-electron chi connectivity index (χ2n) is 6.11. The van der Waals surface area contributed by atoms with E-state index in [0.717, 1.165) is 0 Å². The Hall–Kier alpha value is -2.11. The Morgan fingerprint density at radius 1 is 1.43 bits per heavy atom. The number of rotatable bonds is 6. The summed E-state index contributed by atoms with van der Waals surface area (Å²) < 4.78 is 5.09.